The van der Waals surface area contributed by atoms with E-state index in [1.54, 1.807) is 0 Å². The van der Waals surface area contributed by atoms with Crippen molar-refractivity contribution >= 4 is 44.3 Å². The molecule has 5 heterocycles. The van der Waals surface area contributed by atoms with E-state index in [-0.39, 0.29) is 65.7 Å². The van der Waals surface area contributed by atoms with Crippen molar-refractivity contribution < 1.29 is 39.0 Å². The molecule has 3 fully saturated rings. The van der Waals surface area contributed by atoms with Gasteiger partial charge in [0.05, 0.1) is 23.1 Å². The molecule has 0 amide bonds. The second kappa shape index (κ2) is 7.98. The molecule has 4 aliphatic rings. The van der Waals surface area contributed by atoms with Crippen LogP contribution in [0.15, 0.2) is 4.47 Å². The number of ether oxygens (including phenoxy) is 3. The van der Waals surface area contributed by atoms with Gasteiger partial charge < -0.3 is 24.4 Å². The Morgan fingerprint density at radius 3 is 2.87 bits per heavy atom. The molecule has 0 spiro atoms. The molecular weight excluding hydrogens is 573 g/mol. The number of halogens is 3. The quantitative estimate of drug-likeness (QED) is 0.391. The first-order valence-electron chi connectivity index (χ1n) is 9.82. The molecule has 2 bridgehead atoms. The molecule has 0 saturated carbocycles. The summed E-state index contributed by atoms with van der Waals surface area (Å²) in [6.07, 6.45) is 2.42. The number of hydrogen-bond donors (Lipinski definition) is 0. The molecule has 6 rings (SSSR count). The number of fused-ring (bicyclic) bond motifs is 6. The minimum absolute atomic E-state index is 0. The van der Waals surface area contributed by atoms with Gasteiger partial charge in [-0.15, -0.1) is 12.6 Å². The number of anilines is 1. The van der Waals surface area contributed by atoms with Crippen LogP contribution in [0.1, 0.15) is 19.3 Å². The van der Waals surface area contributed by atoms with Gasteiger partial charge in [0.2, 0.25) is 0 Å². The van der Waals surface area contributed by atoms with E-state index in [0.29, 0.717) is 36.8 Å². The Morgan fingerprint density at radius 1 is 1.27 bits per heavy atom. The molecule has 164 valence electrons. The molecule has 1 aromatic heterocycles. The van der Waals surface area contributed by atoms with Crippen LogP contribution in [0.5, 0.6) is 11.8 Å². The first-order chi connectivity index (χ1) is 14.1. The molecule has 2 aromatic rings. The van der Waals surface area contributed by atoms with Crippen molar-refractivity contribution in [3.63, 3.8) is 0 Å². The third-order valence-corrected chi connectivity index (χ3v) is 7.57. The Bertz CT molecular complexity index is 1010. The number of piperazine rings is 1. The predicted octanol–water partition coefficient (Wildman–Crippen LogP) is 3.84. The molecule has 0 N–H and O–H groups in total. The Morgan fingerprint density at radius 2 is 2.07 bits per heavy atom. The SMILES string of the molecule is Fc1c(Br)c(Cl)c2c3c(nc(OC4CCOCC4)nc13)N1C3C[N-]C(C3)C1CO2.[Pd]. The number of rotatable bonds is 2. The predicted molar refractivity (Wildman–Crippen MR) is 109 cm³/mol. The summed E-state index contributed by atoms with van der Waals surface area (Å²) in [5, 5.41) is 5.41. The molecule has 3 saturated heterocycles. The summed E-state index contributed by atoms with van der Waals surface area (Å²) in [5.41, 5.74) is 0.156. The van der Waals surface area contributed by atoms with Gasteiger partial charge in [-0.3, -0.25) is 0 Å². The van der Waals surface area contributed by atoms with E-state index < -0.39 is 5.82 Å². The van der Waals surface area contributed by atoms with E-state index in [1.165, 1.54) is 0 Å². The average molecular weight is 591 g/mol. The first-order valence-corrected chi connectivity index (χ1v) is 11.0. The molecule has 4 aliphatic heterocycles. The van der Waals surface area contributed by atoms with Gasteiger partial charge in [-0.2, -0.15) is 9.97 Å². The smallest absolute Gasteiger partial charge is 0.319 e. The molecular formula is C19H18BrClFN4O3Pd-. The van der Waals surface area contributed by atoms with Crippen LogP contribution in [0, 0.1) is 5.82 Å². The van der Waals surface area contributed by atoms with Crippen LogP contribution in [0.2, 0.25) is 5.02 Å². The van der Waals surface area contributed by atoms with Crippen LogP contribution in [0.3, 0.4) is 0 Å². The van der Waals surface area contributed by atoms with Gasteiger partial charge in [0.25, 0.3) is 0 Å². The summed E-state index contributed by atoms with van der Waals surface area (Å²) in [5.74, 6) is 0.506. The monoisotopic (exact) mass is 589 g/mol. The Kier molecular flexibility index (Phi) is 5.62. The van der Waals surface area contributed by atoms with Crippen LogP contribution in [-0.4, -0.2) is 60.6 Å². The van der Waals surface area contributed by atoms with Gasteiger partial charge >= 0.3 is 6.01 Å². The fourth-order valence-corrected chi connectivity index (χ4v) is 5.44. The molecule has 11 heteroatoms. The average Bonchev–Trinajstić information content (AvgIpc) is 3.30. The second-order valence-electron chi connectivity index (χ2n) is 7.86. The van der Waals surface area contributed by atoms with Crippen molar-refractivity contribution in [2.75, 3.05) is 31.3 Å². The van der Waals surface area contributed by atoms with Crippen LogP contribution in [-0.2, 0) is 25.2 Å². The number of hydrogen-bond acceptors (Lipinski definition) is 6. The van der Waals surface area contributed by atoms with Crippen LogP contribution in [0.25, 0.3) is 16.2 Å². The third kappa shape index (κ3) is 3.14. The van der Waals surface area contributed by atoms with Crippen LogP contribution >= 0.6 is 27.5 Å². The minimum atomic E-state index is -0.537. The zero-order valence-corrected chi connectivity index (χ0v) is 19.6. The van der Waals surface area contributed by atoms with E-state index in [9.17, 15) is 0 Å². The van der Waals surface area contributed by atoms with Crippen molar-refractivity contribution in [3.05, 3.63) is 20.6 Å². The van der Waals surface area contributed by atoms with E-state index in [1.807, 2.05) is 0 Å². The number of benzene rings is 1. The largest absolute Gasteiger partial charge is 0.656 e. The van der Waals surface area contributed by atoms with E-state index in [4.69, 9.17) is 36.1 Å². The third-order valence-electron chi connectivity index (χ3n) is 6.23. The molecule has 7 nitrogen and oxygen atoms in total. The fourth-order valence-electron chi connectivity index (χ4n) is 4.84. The Balaban J connectivity index is 0.00000193. The van der Waals surface area contributed by atoms with Crippen LogP contribution < -0.4 is 14.4 Å². The van der Waals surface area contributed by atoms with Crippen molar-refractivity contribution in [1.29, 1.82) is 0 Å². The van der Waals surface area contributed by atoms with E-state index >= 15 is 4.39 Å². The van der Waals surface area contributed by atoms with Crippen molar-refractivity contribution in [2.45, 2.75) is 43.5 Å². The summed E-state index contributed by atoms with van der Waals surface area (Å²) in [6, 6.07) is 0.636. The summed E-state index contributed by atoms with van der Waals surface area (Å²) >= 11 is 9.69. The summed E-state index contributed by atoms with van der Waals surface area (Å²) in [4.78, 5) is 11.4. The molecule has 0 radical (unpaired) electrons. The van der Waals surface area contributed by atoms with Gasteiger partial charge in [0.15, 0.2) is 11.6 Å². The molecule has 3 atom stereocenters. The second-order valence-corrected chi connectivity index (χ2v) is 9.03. The first kappa shape index (κ1) is 21.1. The van der Waals surface area contributed by atoms with Crippen LogP contribution in [0.4, 0.5) is 10.2 Å². The van der Waals surface area contributed by atoms with Gasteiger partial charge in [-0.05, 0) is 22.4 Å². The van der Waals surface area contributed by atoms with Gasteiger partial charge in [-0.25, -0.2) is 4.39 Å². The zero-order valence-electron chi connectivity index (χ0n) is 15.7. The normalized spacial score (nSPS) is 27.4. The van der Waals surface area contributed by atoms with Gasteiger partial charge in [-0.1, -0.05) is 11.6 Å². The van der Waals surface area contributed by atoms with Gasteiger partial charge in [0, 0.05) is 45.3 Å². The summed E-state index contributed by atoms with van der Waals surface area (Å²) in [7, 11) is 0. The number of aromatic nitrogens is 2. The van der Waals surface area contributed by atoms with E-state index in [0.717, 1.165) is 25.8 Å². The maximum Gasteiger partial charge on any atom is 0.319 e. The van der Waals surface area contributed by atoms with Crippen molar-refractivity contribution in [2.24, 2.45) is 0 Å². The van der Waals surface area contributed by atoms with Gasteiger partial charge in [0.1, 0.15) is 29.1 Å². The summed E-state index contributed by atoms with van der Waals surface area (Å²) < 4.78 is 32.9. The summed E-state index contributed by atoms with van der Waals surface area (Å²) in [6.45, 7) is 2.44. The molecule has 0 aliphatic carbocycles. The Hall–Kier alpha value is -0.758. The number of nitrogens with zero attached hydrogens (tertiary/aromatic N) is 4. The molecule has 3 unspecified atom stereocenters. The fraction of sp³-hybridized carbons (Fsp3) is 0.579. The van der Waals surface area contributed by atoms with Crippen molar-refractivity contribution in [1.82, 2.24) is 9.97 Å². The molecule has 1 aromatic carbocycles. The van der Waals surface area contributed by atoms with Crippen molar-refractivity contribution in [3.8, 4) is 11.8 Å². The van der Waals surface area contributed by atoms with E-state index in [2.05, 4.69) is 25.8 Å². The Labute approximate surface area is 199 Å². The standard InChI is InChI=1S/C19H18BrClFN4O3.Pd/c20-13-14(21)17-12-16(15(13)22)24-19(29-9-1-3-27-4-2-9)25-18(12)26-8-5-10(23-6-8)11(26)7-28-17;/h8-11H,1-7H2;/q-1;. The topological polar surface area (TPSA) is 70.8 Å². The molecule has 30 heavy (non-hydrogen) atoms. The maximum absolute atomic E-state index is 15.2. The minimum Gasteiger partial charge on any atom is -0.656 e. The maximum atomic E-state index is 15.2. The zero-order chi connectivity index (χ0) is 19.7.